The van der Waals surface area contributed by atoms with Gasteiger partial charge in [0.15, 0.2) is 11.5 Å². The lowest BCUT2D eigenvalue weighted by Crippen LogP contribution is -1.93. The van der Waals surface area contributed by atoms with Crippen LogP contribution in [0.2, 0.25) is 0 Å². The van der Waals surface area contributed by atoms with Crippen LogP contribution >= 0.6 is 15.9 Å². The van der Waals surface area contributed by atoms with Crippen LogP contribution in [0.15, 0.2) is 15.0 Å². The molecule has 16 heavy (non-hydrogen) atoms. The van der Waals surface area contributed by atoms with Gasteiger partial charge < -0.3 is 4.42 Å². The van der Waals surface area contributed by atoms with Gasteiger partial charge in [0.25, 0.3) is 0 Å². The van der Waals surface area contributed by atoms with E-state index in [0.717, 1.165) is 39.0 Å². The molecular formula is C13H16BrNO. The Bertz CT molecular complexity index is 528. The lowest BCUT2D eigenvalue weighted by molar-refractivity contribution is 0.481. The standard InChI is InChI=1S/C13H16BrNO/c1-7(2)5-11-15-12-9(4)10(14)6-8(3)13(12)16-11/h6-7H,5H2,1-4H3. The van der Waals surface area contributed by atoms with Crippen LogP contribution in [0, 0.1) is 19.8 Å². The van der Waals surface area contributed by atoms with Crippen LogP contribution in [0.3, 0.4) is 0 Å². The Kier molecular flexibility index (Phi) is 3.06. The first-order chi connectivity index (χ1) is 7.49. The molecule has 0 atom stereocenters. The third kappa shape index (κ3) is 2.01. The summed E-state index contributed by atoms with van der Waals surface area (Å²) in [6, 6.07) is 2.09. The second kappa shape index (κ2) is 4.21. The molecule has 0 aliphatic carbocycles. The summed E-state index contributed by atoms with van der Waals surface area (Å²) in [5.74, 6) is 1.41. The molecule has 0 saturated heterocycles. The van der Waals surface area contributed by atoms with E-state index in [1.54, 1.807) is 0 Å². The molecule has 0 radical (unpaired) electrons. The molecule has 0 bridgehead atoms. The van der Waals surface area contributed by atoms with Gasteiger partial charge in [0.2, 0.25) is 0 Å². The highest BCUT2D eigenvalue weighted by Gasteiger charge is 2.13. The van der Waals surface area contributed by atoms with Crippen molar-refractivity contribution >= 4 is 27.0 Å². The fourth-order valence-electron chi connectivity index (χ4n) is 1.80. The summed E-state index contributed by atoms with van der Waals surface area (Å²) in [4.78, 5) is 4.58. The molecule has 1 heterocycles. The largest absolute Gasteiger partial charge is 0.440 e. The van der Waals surface area contributed by atoms with E-state index in [9.17, 15) is 0 Å². The number of hydrogen-bond acceptors (Lipinski definition) is 2. The molecule has 0 fully saturated rings. The molecule has 0 aliphatic rings. The van der Waals surface area contributed by atoms with Crippen LogP contribution in [0.1, 0.15) is 30.9 Å². The molecule has 0 aliphatic heterocycles. The maximum Gasteiger partial charge on any atom is 0.195 e. The Hall–Kier alpha value is -0.830. The van der Waals surface area contributed by atoms with Gasteiger partial charge in [0, 0.05) is 10.9 Å². The van der Waals surface area contributed by atoms with Crippen molar-refractivity contribution in [2.45, 2.75) is 34.1 Å². The van der Waals surface area contributed by atoms with E-state index in [1.165, 1.54) is 0 Å². The fourth-order valence-corrected chi connectivity index (χ4v) is 2.33. The molecule has 1 aromatic heterocycles. The van der Waals surface area contributed by atoms with Gasteiger partial charge in [-0.05, 0) is 37.0 Å². The van der Waals surface area contributed by atoms with Crippen LogP contribution in [0.5, 0.6) is 0 Å². The van der Waals surface area contributed by atoms with Crippen molar-refractivity contribution in [3.8, 4) is 0 Å². The average Bonchev–Trinajstić information content (AvgIpc) is 2.58. The van der Waals surface area contributed by atoms with E-state index in [-0.39, 0.29) is 0 Å². The lowest BCUT2D eigenvalue weighted by atomic mass is 10.1. The van der Waals surface area contributed by atoms with Crippen molar-refractivity contribution in [1.29, 1.82) is 0 Å². The number of halogens is 1. The SMILES string of the molecule is Cc1c(Br)cc(C)c2oc(CC(C)C)nc12. The van der Waals surface area contributed by atoms with Gasteiger partial charge in [-0.2, -0.15) is 0 Å². The van der Waals surface area contributed by atoms with E-state index in [4.69, 9.17) is 4.42 Å². The number of aromatic nitrogens is 1. The minimum absolute atomic E-state index is 0.567. The summed E-state index contributed by atoms with van der Waals surface area (Å²) in [6.45, 7) is 8.46. The van der Waals surface area contributed by atoms with E-state index >= 15 is 0 Å². The minimum atomic E-state index is 0.567. The number of aryl methyl sites for hydroxylation is 2. The minimum Gasteiger partial charge on any atom is -0.440 e. The van der Waals surface area contributed by atoms with Crippen LogP contribution < -0.4 is 0 Å². The first-order valence-corrected chi connectivity index (χ1v) is 6.33. The third-order valence-corrected chi connectivity index (χ3v) is 3.49. The smallest absolute Gasteiger partial charge is 0.195 e. The van der Waals surface area contributed by atoms with E-state index in [2.05, 4.69) is 54.7 Å². The maximum absolute atomic E-state index is 5.81. The molecule has 0 spiro atoms. The van der Waals surface area contributed by atoms with Crippen molar-refractivity contribution in [2.75, 3.05) is 0 Å². The lowest BCUT2D eigenvalue weighted by Gasteiger charge is -2.00. The first kappa shape index (κ1) is 11.6. The topological polar surface area (TPSA) is 26.0 Å². The molecule has 1 aromatic carbocycles. The van der Waals surface area contributed by atoms with Gasteiger partial charge in [0.1, 0.15) is 5.52 Å². The predicted molar refractivity (Wildman–Crippen MR) is 69.7 cm³/mol. The van der Waals surface area contributed by atoms with E-state index in [0.29, 0.717) is 5.92 Å². The van der Waals surface area contributed by atoms with Gasteiger partial charge in [-0.25, -0.2) is 4.98 Å². The van der Waals surface area contributed by atoms with Crippen LogP contribution in [-0.4, -0.2) is 4.98 Å². The summed E-state index contributed by atoms with van der Waals surface area (Å²) < 4.78 is 6.91. The van der Waals surface area contributed by atoms with Crippen LogP contribution in [0.4, 0.5) is 0 Å². The second-order valence-electron chi connectivity index (χ2n) is 4.68. The van der Waals surface area contributed by atoms with Crippen molar-refractivity contribution in [1.82, 2.24) is 4.98 Å². The van der Waals surface area contributed by atoms with Crippen LogP contribution in [0.25, 0.3) is 11.1 Å². The maximum atomic E-state index is 5.81. The molecule has 2 aromatic rings. The first-order valence-electron chi connectivity index (χ1n) is 5.54. The molecule has 0 N–H and O–H groups in total. The zero-order valence-corrected chi connectivity index (χ0v) is 11.7. The normalized spacial score (nSPS) is 11.6. The third-order valence-electron chi connectivity index (χ3n) is 2.67. The van der Waals surface area contributed by atoms with E-state index in [1.807, 2.05) is 0 Å². The highest BCUT2D eigenvalue weighted by atomic mass is 79.9. The van der Waals surface area contributed by atoms with Crippen molar-refractivity contribution < 1.29 is 4.42 Å². The molecule has 2 nitrogen and oxygen atoms in total. The van der Waals surface area contributed by atoms with Crippen molar-refractivity contribution in [2.24, 2.45) is 5.92 Å². The van der Waals surface area contributed by atoms with Gasteiger partial charge in [-0.15, -0.1) is 0 Å². The highest BCUT2D eigenvalue weighted by molar-refractivity contribution is 9.10. The van der Waals surface area contributed by atoms with Gasteiger partial charge in [0.05, 0.1) is 0 Å². The summed E-state index contributed by atoms with van der Waals surface area (Å²) in [5.41, 5.74) is 4.20. The average molecular weight is 282 g/mol. The molecule has 0 saturated carbocycles. The van der Waals surface area contributed by atoms with Gasteiger partial charge in [-0.1, -0.05) is 29.8 Å². The number of nitrogens with zero attached hydrogens (tertiary/aromatic N) is 1. The Balaban J connectivity index is 2.60. The summed E-state index contributed by atoms with van der Waals surface area (Å²) >= 11 is 3.55. The molecule has 2 rings (SSSR count). The Labute approximate surface area is 104 Å². The Morgan fingerprint density at radius 3 is 2.69 bits per heavy atom. The summed E-state index contributed by atoms with van der Waals surface area (Å²) in [6.07, 6.45) is 0.894. The molecule has 0 amide bonds. The Morgan fingerprint density at radius 1 is 1.38 bits per heavy atom. The summed E-state index contributed by atoms with van der Waals surface area (Å²) in [5, 5.41) is 0. The monoisotopic (exact) mass is 281 g/mol. The highest BCUT2D eigenvalue weighted by Crippen LogP contribution is 2.29. The molecule has 3 heteroatoms. The van der Waals surface area contributed by atoms with Crippen molar-refractivity contribution in [3.63, 3.8) is 0 Å². The Morgan fingerprint density at radius 2 is 2.06 bits per heavy atom. The number of fused-ring (bicyclic) bond motifs is 1. The van der Waals surface area contributed by atoms with Gasteiger partial charge >= 0.3 is 0 Å². The quantitative estimate of drug-likeness (QED) is 0.815. The summed E-state index contributed by atoms with van der Waals surface area (Å²) in [7, 11) is 0. The molecule has 86 valence electrons. The van der Waals surface area contributed by atoms with Gasteiger partial charge in [-0.3, -0.25) is 0 Å². The number of benzene rings is 1. The van der Waals surface area contributed by atoms with E-state index < -0.39 is 0 Å². The number of oxazole rings is 1. The zero-order valence-electron chi connectivity index (χ0n) is 10.1. The second-order valence-corrected chi connectivity index (χ2v) is 5.54. The predicted octanol–water partition coefficient (Wildman–Crippen LogP) is 4.41. The number of hydrogen-bond donors (Lipinski definition) is 0. The number of rotatable bonds is 2. The fraction of sp³-hybridized carbons (Fsp3) is 0.462. The van der Waals surface area contributed by atoms with Crippen LogP contribution in [-0.2, 0) is 6.42 Å². The van der Waals surface area contributed by atoms with Crippen molar-refractivity contribution in [3.05, 3.63) is 27.6 Å². The zero-order chi connectivity index (χ0) is 11.9. The molecule has 0 unspecified atom stereocenters. The molecular weight excluding hydrogens is 266 g/mol.